The number of carboxylic acid groups (broad SMARTS) is 1. The third kappa shape index (κ3) is 3.35. The Hall–Kier alpha value is -2.04. The zero-order valence-electron chi connectivity index (χ0n) is 12.6. The SMILES string of the molecule is CC(C)(C)[C@H](NC(=O)C1CCOc2ccccc21)C(=O)O. The fourth-order valence-corrected chi connectivity index (χ4v) is 2.51. The molecule has 5 heteroatoms. The van der Waals surface area contributed by atoms with E-state index >= 15 is 0 Å². The van der Waals surface area contributed by atoms with E-state index in [2.05, 4.69) is 5.32 Å². The van der Waals surface area contributed by atoms with E-state index in [1.165, 1.54) is 0 Å². The molecule has 1 aliphatic rings. The highest BCUT2D eigenvalue weighted by molar-refractivity contribution is 5.89. The van der Waals surface area contributed by atoms with E-state index in [1.807, 2.05) is 24.3 Å². The van der Waals surface area contributed by atoms with E-state index in [1.54, 1.807) is 20.8 Å². The van der Waals surface area contributed by atoms with Gasteiger partial charge < -0.3 is 15.2 Å². The highest BCUT2D eigenvalue weighted by Crippen LogP contribution is 2.34. The smallest absolute Gasteiger partial charge is 0.326 e. The van der Waals surface area contributed by atoms with Crippen LogP contribution in [0, 0.1) is 5.41 Å². The lowest BCUT2D eigenvalue weighted by Crippen LogP contribution is -2.50. The maximum Gasteiger partial charge on any atom is 0.326 e. The number of ether oxygens (including phenoxy) is 1. The number of para-hydroxylation sites is 1. The van der Waals surface area contributed by atoms with Crippen LogP contribution < -0.4 is 10.1 Å². The van der Waals surface area contributed by atoms with Crippen molar-refractivity contribution in [3.05, 3.63) is 29.8 Å². The first-order valence-electron chi connectivity index (χ1n) is 7.05. The molecule has 114 valence electrons. The summed E-state index contributed by atoms with van der Waals surface area (Å²) in [4.78, 5) is 23.9. The molecule has 0 spiro atoms. The number of carbonyl (C=O) groups excluding carboxylic acids is 1. The van der Waals surface area contributed by atoms with E-state index in [-0.39, 0.29) is 11.8 Å². The topological polar surface area (TPSA) is 75.6 Å². The van der Waals surface area contributed by atoms with Crippen molar-refractivity contribution in [1.29, 1.82) is 0 Å². The van der Waals surface area contributed by atoms with Crippen molar-refractivity contribution in [2.24, 2.45) is 5.41 Å². The largest absolute Gasteiger partial charge is 0.493 e. The fraction of sp³-hybridized carbons (Fsp3) is 0.500. The summed E-state index contributed by atoms with van der Waals surface area (Å²) in [5.41, 5.74) is 0.269. The lowest BCUT2D eigenvalue weighted by molar-refractivity contribution is -0.145. The second-order valence-electron chi connectivity index (χ2n) is 6.37. The lowest BCUT2D eigenvalue weighted by Gasteiger charge is -2.31. The number of carboxylic acids is 1. The van der Waals surface area contributed by atoms with Crippen LogP contribution in [0.4, 0.5) is 0 Å². The molecule has 0 bridgehead atoms. The van der Waals surface area contributed by atoms with Gasteiger partial charge in [0.25, 0.3) is 0 Å². The van der Waals surface area contributed by atoms with Crippen LogP contribution in [0.25, 0.3) is 0 Å². The highest BCUT2D eigenvalue weighted by atomic mass is 16.5. The normalized spacial score (nSPS) is 19.1. The summed E-state index contributed by atoms with van der Waals surface area (Å²) in [7, 11) is 0. The predicted octanol–water partition coefficient (Wildman–Crippen LogP) is 2.17. The lowest BCUT2D eigenvalue weighted by atomic mass is 9.85. The Bertz CT molecular complexity index is 547. The molecule has 1 heterocycles. The van der Waals surface area contributed by atoms with Gasteiger partial charge in [-0.1, -0.05) is 39.0 Å². The first-order valence-corrected chi connectivity index (χ1v) is 7.05. The van der Waals surface area contributed by atoms with E-state index in [0.717, 1.165) is 5.56 Å². The molecule has 2 N–H and O–H groups in total. The van der Waals surface area contributed by atoms with Gasteiger partial charge in [0.05, 0.1) is 12.5 Å². The number of carbonyl (C=O) groups is 2. The van der Waals surface area contributed by atoms with Crippen molar-refractivity contribution >= 4 is 11.9 Å². The molecule has 0 radical (unpaired) electrons. The van der Waals surface area contributed by atoms with Crippen LogP contribution >= 0.6 is 0 Å². The molecule has 1 aromatic rings. The molecule has 1 aromatic carbocycles. The molecule has 0 fully saturated rings. The van der Waals surface area contributed by atoms with Gasteiger partial charge in [0, 0.05) is 5.56 Å². The van der Waals surface area contributed by atoms with Crippen LogP contribution in [0.1, 0.15) is 38.7 Å². The second kappa shape index (κ2) is 5.76. The molecule has 1 aliphatic heterocycles. The second-order valence-corrected chi connectivity index (χ2v) is 6.37. The van der Waals surface area contributed by atoms with Crippen molar-refractivity contribution in [1.82, 2.24) is 5.32 Å². The van der Waals surface area contributed by atoms with E-state index < -0.39 is 17.4 Å². The molecule has 0 saturated heterocycles. The molecule has 2 rings (SSSR count). The van der Waals surface area contributed by atoms with E-state index in [4.69, 9.17) is 4.74 Å². The number of rotatable bonds is 3. The summed E-state index contributed by atoms with van der Waals surface area (Å²) in [6.45, 7) is 5.85. The van der Waals surface area contributed by atoms with Gasteiger partial charge in [-0.05, 0) is 17.9 Å². The van der Waals surface area contributed by atoms with Crippen LogP contribution in [-0.4, -0.2) is 29.6 Å². The third-order valence-corrected chi connectivity index (χ3v) is 3.67. The number of aliphatic carboxylic acids is 1. The minimum Gasteiger partial charge on any atom is -0.493 e. The zero-order chi connectivity index (χ0) is 15.6. The van der Waals surface area contributed by atoms with Gasteiger partial charge in [0.2, 0.25) is 5.91 Å². The Morgan fingerprint density at radius 3 is 2.62 bits per heavy atom. The Kier molecular flexibility index (Phi) is 4.21. The van der Waals surface area contributed by atoms with Gasteiger partial charge in [-0.25, -0.2) is 4.79 Å². The van der Waals surface area contributed by atoms with Crippen molar-refractivity contribution in [3.8, 4) is 5.75 Å². The quantitative estimate of drug-likeness (QED) is 0.895. The Morgan fingerprint density at radius 1 is 1.33 bits per heavy atom. The summed E-state index contributed by atoms with van der Waals surface area (Å²) in [5.74, 6) is -0.935. The average Bonchev–Trinajstić information content (AvgIpc) is 2.42. The van der Waals surface area contributed by atoms with Gasteiger partial charge in [-0.2, -0.15) is 0 Å². The van der Waals surface area contributed by atoms with Gasteiger partial charge >= 0.3 is 5.97 Å². The van der Waals surface area contributed by atoms with Crippen molar-refractivity contribution in [2.75, 3.05) is 6.61 Å². The maximum absolute atomic E-state index is 12.5. The van der Waals surface area contributed by atoms with Gasteiger partial charge in [0.15, 0.2) is 0 Å². The molecule has 5 nitrogen and oxygen atoms in total. The standard InChI is InChI=1S/C16H21NO4/c1-16(2,3)13(15(19)20)17-14(18)11-8-9-21-12-7-5-4-6-10(11)12/h4-7,11,13H,8-9H2,1-3H3,(H,17,18)(H,19,20)/t11?,13-/m1/s1. The van der Waals surface area contributed by atoms with Crippen LogP contribution in [0.15, 0.2) is 24.3 Å². The van der Waals surface area contributed by atoms with Crippen molar-refractivity contribution in [3.63, 3.8) is 0 Å². The molecule has 0 aliphatic carbocycles. The van der Waals surface area contributed by atoms with Crippen LogP contribution in [0.3, 0.4) is 0 Å². The molecule has 2 atom stereocenters. The summed E-state index contributed by atoms with van der Waals surface area (Å²) in [6, 6.07) is 6.47. The first-order chi connectivity index (χ1) is 9.80. The predicted molar refractivity (Wildman–Crippen MR) is 78.3 cm³/mol. The molecule has 1 amide bonds. The number of fused-ring (bicyclic) bond motifs is 1. The number of nitrogens with one attached hydrogen (secondary N) is 1. The summed E-state index contributed by atoms with van der Waals surface area (Å²) in [5, 5.41) is 12.0. The molecule has 0 saturated carbocycles. The Labute approximate surface area is 124 Å². The molecular weight excluding hydrogens is 270 g/mol. The average molecular weight is 291 g/mol. The molecule has 21 heavy (non-hydrogen) atoms. The van der Waals surface area contributed by atoms with Gasteiger partial charge in [0.1, 0.15) is 11.8 Å². The summed E-state index contributed by atoms with van der Waals surface area (Å²) < 4.78 is 5.53. The molecular formula is C16H21NO4. The Morgan fingerprint density at radius 2 is 2.00 bits per heavy atom. The zero-order valence-corrected chi connectivity index (χ0v) is 12.6. The third-order valence-electron chi connectivity index (χ3n) is 3.67. The van der Waals surface area contributed by atoms with Crippen LogP contribution in [0.2, 0.25) is 0 Å². The van der Waals surface area contributed by atoms with Crippen molar-refractivity contribution < 1.29 is 19.4 Å². The fourth-order valence-electron chi connectivity index (χ4n) is 2.51. The highest BCUT2D eigenvalue weighted by Gasteiger charge is 2.36. The van der Waals surface area contributed by atoms with Gasteiger partial charge in [-0.15, -0.1) is 0 Å². The number of hydrogen-bond donors (Lipinski definition) is 2. The first kappa shape index (κ1) is 15.4. The summed E-state index contributed by atoms with van der Waals surface area (Å²) >= 11 is 0. The van der Waals surface area contributed by atoms with Crippen molar-refractivity contribution in [2.45, 2.75) is 39.2 Å². The van der Waals surface area contributed by atoms with Crippen LogP contribution in [-0.2, 0) is 9.59 Å². The summed E-state index contributed by atoms with van der Waals surface area (Å²) in [6.07, 6.45) is 0.555. The maximum atomic E-state index is 12.5. The van der Waals surface area contributed by atoms with Crippen LogP contribution in [0.5, 0.6) is 5.75 Å². The van der Waals surface area contributed by atoms with E-state index in [0.29, 0.717) is 18.8 Å². The Balaban J connectivity index is 2.20. The number of amides is 1. The molecule has 0 aromatic heterocycles. The molecule has 1 unspecified atom stereocenters. The number of hydrogen-bond acceptors (Lipinski definition) is 3. The monoisotopic (exact) mass is 291 g/mol. The minimum absolute atomic E-state index is 0.256. The van der Waals surface area contributed by atoms with E-state index in [9.17, 15) is 14.7 Å². The van der Waals surface area contributed by atoms with Gasteiger partial charge in [-0.3, -0.25) is 4.79 Å². The number of benzene rings is 1. The minimum atomic E-state index is -1.02.